The minimum absolute atomic E-state index is 0.0316. The van der Waals surface area contributed by atoms with E-state index in [0.29, 0.717) is 0 Å². The van der Waals surface area contributed by atoms with E-state index in [9.17, 15) is 4.79 Å². The Labute approximate surface area is 143 Å². The molecular weight excluding hydrogens is 391 g/mol. The maximum atomic E-state index is 12.1. The first-order chi connectivity index (χ1) is 10.7. The lowest BCUT2D eigenvalue weighted by Gasteiger charge is -2.26. The second-order valence-corrected chi connectivity index (χ2v) is 6.56. The third-order valence-corrected chi connectivity index (χ3v) is 4.76. The number of halogens is 1. The molecule has 0 radical (unpaired) electrons. The molecule has 0 atom stereocenters. The highest BCUT2D eigenvalue weighted by Gasteiger charge is 2.10. The summed E-state index contributed by atoms with van der Waals surface area (Å²) in [6.45, 7) is 4.79. The molecule has 1 aromatic heterocycles. The van der Waals surface area contributed by atoms with Crippen LogP contribution in [0.2, 0.25) is 0 Å². The Morgan fingerprint density at radius 3 is 2.55 bits per heavy atom. The Hall–Kier alpha value is -1.18. The molecule has 5 heteroatoms. The zero-order valence-corrected chi connectivity index (χ0v) is 14.5. The number of pyridine rings is 1. The van der Waals surface area contributed by atoms with Crippen molar-refractivity contribution in [2.45, 2.75) is 6.42 Å². The van der Waals surface area contributed by atoms with E-state index in [1.54, 1.807) is 4.57 Å². The van der Waals surface area contributed by atoms with Crippen LogP contribution >= 0.6 is 22.6 Å². The monoisotopic (exact) mass is 410 g/mol. The minimum atomic E-state index is 0.0316. The van der Waals surface area contributed by atoms with E-state index in [1.807, 2.05) is 30.5 Å². The van der Waals surface area contributed by atoms with Crippen LogP contribution in [0.25, 0.3) is 5.69 Å². The highest BCUT2D eigenvalue weighted by Crippen LogP contribution is 2.10. The van der Waals surface area contributed by atoms with Gasteiger partial charge in [-0.2, -0.15) is 0 Å². The third kappa shape index (κ3) is 3.77. The van der Waals surface area contributed by atoms with Gasteiger partial charge in [0.05, 0.1) is 16.8 Å². The van der Waals surface area contributed by atoms with E-state index in [-0.39, 0.29) is 5.56 Å². The molecule has 0 unspecified atom stereocenters. The van der Waals surface area contributed by atoms with Crippen LogP contribution in [-0.2, 0) is 11.2 Å². The largest absolute Gasteiger partial charge is 0.379 e. The molecular formula is C17H19IN2O2. The molecule has 0 spiro atoms. The van der Waals surface area contributed by atoms with Crippen LogP contribution in [0.1, 0.15) is 5.56 Å². The number of hydrogen-bond acceptors (Lipinski definition) is 3. The SMILES string of the molecule is O=c1c(I)cccn1-c1ccc(CCN2CCOCC2)cc1. The normalized spacial score (nSPS) is 15.9. The Morgan fingerprint density at radius 1 is 1.09 bits per heavy atom. The van der Waals surface area contributed by atoms with Crippen molar-refractivity contribution in [3.8, 4) is 5.69 Å². The average Bonchev–Trinajstić information content (AvgIpc) is 2.57. The van der Waals surface area contributed by atoms with E-state index in [1.165, 1.54) is 5.56 Å². The summed E-state index contributed by atoms with van der Waals surface area (Å²) >= 11 is 2.07. The fourth-order valence-electron chi connectivity index (χ4n) is 2.61. The van der Waals surface area contributed by atoms with Gasteiger partial charge in [0.25, 0.3) is 5.56 Å². The molecule has 0 bridgehead atoms. The third-order valence-electron chi connectivity index (χ3n) is 3.94. The first-order valence-corrected chi connectivity index (χ1v) is 8.58. The van der Waals surface area contributed by atoms with E-state index in [0.717, 1.165) is 48.5 Å². The summed E-state index contributed by atoms with van der Waals surface area (Å²) in [5, 5.41) is 0. The van der Waals surface area contributed by atoms with Crippen molar-refractivity contribution in [1.29, 1.82) is 0 Å². The summed E-state index contributed by atoms with van der Waals surface area (Å²) in [6, 6.07) is 12.0. The zero-order valence-electron chi connectivity index (χ0n) is 12.4. The first kappa shape index (κ1) is 15.7. The number of ether oxygens (including phenoxy) is 1. The summed E-state index contributed by atoms with van der Waals surface area (Å²) < 4.78 is 7.78. The van der Waals surface area contributed by atoms with Crippen molar-refractivity contribution >= 4 is 22.6 Å². The van der Waals surface area contributed by atoms with E-state index >= 15 is 0 Å². The zero-order chi connectivity index (χ0) is 15.4. The van der Waals surface area contributed by atoms with Crippen LogP contribution < -0.4 is 5.56 Å². The standard InChI is InChI=1S/C17H19IN2O2/c18-16-2-1-8-20(17(16)21)15-5-3-14(4-6-15)7-9-19-10-12-22-13-11-19/h1-6,8H,7,9-13H2. The van der Waals surface area contributed by atoms with Crippen LogP contribution in [0.4, 0.5) is 0 Å². The van der Waals surface area contributed by atoms with Gasteiger partial charge in [-0.25, -0.2) is 0 Å². The Bertz CT molecular complexity index is 676. The first-order valence-electron chi connectivity index (χ1n) is 7.50. The minimum Gasteiger partial charge on any atom is -0.379 e. The maximum Gasteiger partial charge on any atom is 0.268 e. The number of nitrogens with zero attached hydrogens (tertiary/aromatic N) is 2. The lowest BCUT2D eigenvalue weighted by Crippen LogP contribution is -2.37. The van der Waals surface area contributed by atoms with Crippen molar-refractivity contribution in [1.82, 2.24) is 9.47 Å². The van der Waals surface area contributed by atoms with E-state index < -0.39 is 0 Å². The molecule has 1 aromatic carbocycles. The topological polar surface area (TPSA) is 34.5 Å². The Kier molecular flexibility index (Phi) is 5.28. The van der Waals surface area contributed by atoms with Crippen LogP contribution in [0.15, 0.2) is 47.4 Å². The smallest absolute Gasteiger partial charge is 0.268 e. The predicted molar refractivity (Wildman–Crippen MR) is 95.7 cm³/mol. The van der Waals surface area contributed by atoms with Crippen LogP contribution in [-0.4, -0.2) is 42.3 Å². The Balaban J connectivity index is 1.67. The predicted octanol–water partition coefficient (Wildman–Crippen LogP) is 2.32. The summed E-state index contributed by atoms with van der Waals surface area (Å²) in [6.07, 6.45) is 2.84. The molecule has 116 valence electrons. The van der Waals surface area contributed by atoms with Crippen LogP contribution in [0.5, 0.6) is 0 Å². The van der Waals surface area contributed by atoms with Crippen molar-refractivity contribution in [3.63, 3.8) is 0 Å². The maximum absolute atomic E-state index is 12.1. The average molecular weight is 410 g/mol. The van der Waals surface area contributed by atoms with Gasteiger partial charge < -0.3 is 4.74 Å². The summed E-state index contributed by atoms with van der Waals surface area (Å²) in [5.41, 5.74) is 2.25. The van der Waals surface area contributed by atoms with Gasteiger partial charge in [0.2, 0.25) is 0 Å². The number of aromatic nitrogens is 1. The highest BCUT2D eigenvalue weighted by molar-refractivity contribution is 14.1. The fraction of sp³-hybridized carbons (Fsp3) is 0.353. The van der Waals surface area contributed by atoms with Crippen molar-refractivity contribution in [2.75, 3.05) is 32.8 Å². The molecule has 1 aliphatic heterocycles. The molecule has 2 aromatic rings. The number of benzene rings is 1. The Morgan fingerprint density at radius 2 is 1.82 bits per heavy atom. The quantitative estimate of drug-likeness (QED) is 0.726. The molecule has 0 N–H and O–H groups in total. The van der Waals surface area contributed by atoms with Crippen molar-refractivity contribution < 1.29 is 4.74 Å². The fourth-order valence-corrected chi connectivity index (χ4v) is 3.07. The molecule has 1 saturated heterocycles. The van der Waals surface area contributed by atoms with Gasteiger partial charge in [-0.3, -0.25) is 14.3 Å². The molecule has 1 fully saturated rings. The summed E-state index contributed by atoms with van der Waals surface area (Å²) in [5.74, 6) is 0. The highest BCUT2D eigenvalue weighted by atomic mass is 127. The second kappa shape index (κ2) is 7.39. The molecule has 0 saturated carbocycles. The van der Waals surface area contributed by atoms with Crippen LogP contribution in [0, 0.1) is 3.57 Å². The molecule has 2 heterocycles. The summed E-state index contributed by atoms with van der Waals surface area (Å²) in [4.78, 5) is 14.6. The molecule has 1 aliphatic rings. The van der Waals surface area contributed by atoms with Gasteiger partial charge in [-0.15, -0.1) is 0 Å². The van der Waals surface area contributed by atoms with E-state index in [4.69, 9.17) is 4.74 Å². The number of morpholine rings is 1. The van der Waals surface area contributed by atoms with Gasteiger partial charge in [-0.05, 0) is 58.8 Å². The number of hydrogen-bond donors (Lipinski definition) is 0. The number of rotatable bonds is 4. The van der Waals surface area contributed by atoms with Crippen molar-refractivity contribution in [3.05, 3.63) is 62.1 Å². The second-order valence-electron chi connectivity index (χ2n) is 5.40. The summed E-state index contributed by atoms with van der Waals surface area (Å²) in [7, 11) is 0. The van der Waals surface area contributed by atoms with Gasteiger partial charge >= 0.3 is 0 Å². The lowest BCUT2D eigenvalue weighted by atomic mass is 10.1. The molecule has 4 nitrogen and oxygen atoms in total. The lowest BCUT2D eigenvalue weighted by molar-refractivity contribution is 0.0384. The molecule has 3 rings (SSSR count). The van der Waals surface area contributed by atoms with Gasteiger partial charge in [-0.1, -0.05) is 12.1 Å². The van der Waals surface area contributed by atoms with E-state index in [2.05, 4.69) is 39.6 Å². The molecule has 0 aliphatic carbocycles. The molecule has 22 heavy (non-hydrogen) atoms. The van der Waals surface area contributed by atoms with Crippen molar-refractivity contribution in [2.24, 2.45) is 0 Å². The van der Waals surface area contributed by atoms with Crippen LogP contribution in [0.3, 0.4) is 0 Å². The van der Waals surface area contributed by atoms with Gasteiger partial charge in [0.1, 0.15) is 0 Å². The van der Waals surface area contributed by atoms with Gasteiger partial charge in [0, 0.05) is 31.5 Å². The molecule has 0 amide bonds. The van der Waals surface area contributed by atoms with Gasteiger partial charge in [0.15, 0.2) is 0 Å².